The highest BCUT2D eigenvalue weighted by Crippen LogP contribution is 2.38. The molecule has 0 heterocycles. The van der Waals surface area contributed by atoms with E-state index in [9.17, 15) is 19.0 Å². The Hall–Kier alpha value is -2.55. The lowest BCUT2D eigenvalue weighted by Gasteiger charge is -2.28. The zero-order valence-electron chi connectivity index (χ0n) is 38.2. The van der Waals surface area contributed by atoms with Crippen LogP contribution >= 0.6 is 7.82 Å². The van der Waals surface area contributed by atoms with Crippen LogP contribution in [0.3, 0.4) is 0 Å². The summed E-state index contributed by atoms with van der Waals surface area (Å²) in [6.07, 6.45) is 50.7. The molecular weight excluding hydrogens is 762 g/mol. The van der Waals surface area contributed by atoms with E-state index in [4.69, 9.17) is 18.5 Å². The van der Waals surface area contributed by atoms with Gasteiger partial charge in [0, 0.05) is 12.8 Å². The van der Waals surface area contributed by atoms with E-state index in [1.54, 1.807) is 0 Å². The maximum absolute atomic E-state index is 12.7. The molecule has 0 aromatic rings. The van der Waals surface area contributed by atoms with Crippen molar-refractivity contribution in [2.75, 3.05) is 47.5 Å². The highest BCUT2D eigenvalue weighted by atomic mass is 31.2. The van der Waals surface area contributed by atoms with Crippen LogP contribution in [-0.4, -0.2) is 70.0 Å². The standard InChI is InChI=1S/C49H86NO8P/c1-6-8-10-12-14-16-18-20-22-23-24-25-26-27-28-30-32-34-36-38-40-42-49(52)58-47(46-57-59(53,54)56-44-43-50(3,4)5)45-55-48(51)41-39-37-35-33-31-29-21-19-17-15-13-11-9-7-2/h8,10,14,16,20,22,24-25,27-28,32,34,47H,6-7,9,11-13,15,17-19,21,23,26,29-31,33,35-46H2,1-5H3/b10-8-,16-14-,22-20-,25-24-,28-27-,34-32-. The lowest BCUT2D eigenvalue weighted by Crippen LogP contribution is -2.37. The Bertz CT molecular complexity index is 1230. The predicted molar refractivity (Wildman–Crippen MR) is 245 cm³/mol. The number of nitrogens with zero attached hydrogens (tertiary/aromatic N) is 1. The first-order valence-electron chi connectivity index (χ1n) is 23.1. The highest BCUT2D eigenvalue weighted by Gasteiger charge is 2.21. The van der Waals surface area contributed by atoms with Crippen molar-refractivity contribution in [2.24, 2.45) is 0 Å². The molecule has 0 saturated carbocycles. The van der Waals surface area contributed by atoms with E-state index in [1.165, 1.54) is 70.6 Å². The third kappa shape index (κ3) is 44.8. The fourth-order valence-electron chi connectivity index (χ4n) is 5.89. The number of hydrogen-bond acceptors (Lipinski definition) is 8. The third-order valence-electron chi connectivity index (χ3n) is 9.49. The van der Waals surface area contributed by atoms with Crippen molar-refractivity contribution in [3.8, 4) is 0 Å². The van der Waals surface area contributed by atoms with Crippen LogP contribution in [-0.2, 0) is 32.7 Å². The second-order valence-corrected chi connectivity index (χ2v) is 17.8. The fraction of sp³-hybridized carbons (Fsp3) is 0.714. The van der Waals surface area contributed by atoms with Crippen LogP contribution in [0.5, 0.6) is 0 Å². The zero-order chi connectivity index (χ0) is 43.6. The van der Waals surface area contributed by atoms with Crippen molar-refractivity contribution in [1.82, 2.24) is 0 Å². The van der Waals surface area contributed by atoms with E-state index in [0.29, 0.717) is 17.4 Å². The number of phosphoric acid groups is 1. The first-order chi connectivity index (χ1) is 28.5. The molecule has 2 atom stereocenters. The smallest absolute Gasteiger partial charge is 0.306 e. The Morgan fingerprint density at radius 2 is 0.966 bits per heavy atom. The molecule has 0 aliphatic rings. The molecule has 2 unspecified atom stereocenters. The fourth-order valence-corrected chi connectivity index (χ4v) is 6.62. The van der Waals surface area contributed by atoms with Gasteiger partial charge in [-0.15, -0.1) is 0 Å². The number of hydrogen-bond donors (Lipinski definition) is 0. The van der Waals surface area contributed by atoms with E-state index in [0.717, 1.165) is 70.6 Å². The summed E-state index contributed by atoms with van der Waals surface area (Å²) < 4.78 is 33.9. The first-order valence-corrected chi connectivity index (χ1v) is 24.6. The van der Waals surface area contributed by atoms with Gasteiger partial charge in [-0.1, -0.05) is 170 Å². The average Bonchev–Trinajstić information content (AvgIpc) is 3.19. The zero-order valence-corrected chi connectivity index (χ0v) is 39.1. The molecule has 0 radical (unpaired) electrons. The Morgan fingerprint density at radius 3 is 1.44 bits per heavy atom. The van der Waals surface area contributed by atoms with Gasteiger partial charge in [0.15, 0.2) is 6.10 Å². The Kier molecular flexibility index (Phi) is 39.1. The number of esters is 2. The predicted octanol–water partition coefficient (Wildman–Crippen LogP) is 12.8. The molecule has 0 aliphatic heterocycles. The van der Waals surface area contributed by atoms with Crippen molar-refractivity contribution >= 4 is 19.8 Å². The minimum absolute atomic E-state index is 0.0420. The summed E-state index contributed by atoms with van der Waals surface area (Å²) >= 11 is 0. The molecule has 0 bridgehead atoms. The van der Waals surface area contributed by atoms with Crippen molar-refractivity contribution in [3.63, 3.8) is 0 Å². The Balaban J connectivity index is 4.43. The van der Waals surface area contributed by atoms with Crippen LogP contribution in [0.25, 0.3) is 0 Å². The normalized spacial score (nSPS) is 14.2. The molecule has 0 aliphatic carbocycles. The van der Waals surface area contributed by atoms with E-state index < -0.39 is 32.5 Å². The number of allylic oxidation sites excluding steroid dienone is 12. The molecule has 0 spiro atoms. The van der Waals surface area contributed by atoms with Gasteiger partial charge in [0.2, 0.25) is 0 Å². The van der Waals surface area contributed by atoms with Gasteiger partial charge in [-0.2, -0.15) is 0 Å². The number of quaternary nitrogens is 1. The molecule has 0 N–H and O–H groups in total. The monoisotopic (exact) mass is 848 g/mol. The molecule has 59 heavy (non-hydrogen) atoms. The van der Waals surface area contributed by atoms with Gasteiger partial charge in [0.1, 0.15) is 19.8 Å². The van der Waals surface area contributed by atoms with Gasteiger partial charge >= 0.3 is 11.9 Å². The van der Waals surface area contributed by atoms with Crippen molar-refractivity contribution < 1.29 is 42.1 Å². The van der Waals surface area contributed by atoms with Crippen molar-refractivity contribution in [2.45, 2.75) is 180 Å². The quantitative estimate of drug-likeness (QED) is 0.0197. The third-order valence-corrected chi connectivity index (χ3v) is 10.5. The molecule has 0 rings (SSSR count). The lowest BCUT2D eigenvalue weighted by molar-refractivity contribution is -0.870. The summed E-state index contributed by atoms with van der Waals surface area (Å²) in [6, 6.07) is 0. The molecule has 340 valence electrons. The summed E-state index contributed by atoms with van der Waals surface area (Å²) in [5.41, 5.74) is 0. The lowest BCUT2D eigenvalue weighted by atomic mass is 10.0. The Labute approximate surface area is 361 Å². The number of ether oxygens (including phenoxy) is 2. The maximum Gasteiger partial charge on any atom is 0.306 e. The number of carbonyl (C=O) groups excluding carboxylic acids is 2. The van der Waals surface area contributed by atoms with Crippen LogP contribution in [0.4, 0.5) is 0 Å². The van der Waals surface area contributed by atoms with E-state index in [-0.39, 0.29) is 26.1 Å². The van der Waals surface area contributed by atoms with Gasteiger partial charge in [-0.05, 0) is 64.2 Å². The minimum atomic E-state index is -4.64. The van der Waals surface area contributed by atoms with Crippen LogP contribution < -0.4 is 4.89 Å². The van der Waals surface area contributed by atoms with Crippen LogP contribution in [0.1, 0.15) is 174 Å². The summed E-state index contributed by atoms with van der Waals surface area (Å²) in [4.78, 5) is 37.6. The summed E-state index contributed by atoms with van der Waals surface area (Å²) in [7, 11) is 1.13. The van der Waals surface area contributed by atoms with E-state index >= 15 is 0 Å². The molecule has 0 amide bonds. The summed E-state index contributed by atoms with van der Waals surface area (Å²) in [6.45, 7) is 4.06. The van der Waals surface area contributed by atoms with Crippen LogP contribution in [0.15, 0.2) is 72.9 Å². The molecular formula is C49H86NO8P. The first kappa shape index (κ1) is 56.5. The van der Waals surface area contributed by atoms with Gasteiger partial charge in [0.25, 0.3) is 7.82 Å². The minimum Gasteiger partial charge on any atom is -0.756 e. The molecule has 10 heteroatoms. The molecule has 9 nitrogen and oxygen atoms in total. The Morgan fingerprint density at radius 1 is 0.542 bits per heavy atom. The number of unbranched alkanes of at least 4 members (excludes halogenated alkanes) is 15. The molecule has 0 aromatic carbocycles. The summed E-state index contributed by atoms with van der Waals surface area (Å²) in [5, 5.41) is 0. The number of likely N-dealkylation sites (N-methyl/N-ethyl adjacent to an activating group) is 1. The van der Waals surface area contributed by atoms with Gasteiger partial charge in [0.05, 0.1) is 27.7 Å². The molecule has 0 aromatic heterocycles. The molecule has 0 fully saturated rings. The second kappa shape index (κ2) is 40.8. The van der Waals surface area contributed by atoms with Crippen LogP contribution in [0, 0.1) is 0 Å². The molecule has 0 saturated heterocycles. The van der Waals surface area contributed by atoms with Crippen molar-refractivity contribution in [3.05, 3.63) is 72.9 Å². The van der Waals surface area contributed by atoms with E-state index in [2.05, 4.69) is 86.8 Å². The topological polar surface area (TPSA) is 111 Å². The maximum atomic E-state index is 12.7. The van der Waals surface area contributed by atoms with Crippen LogP contribution in [0.2, 0.25) is 0 Å². The SMILES string of the molecule is CC/C=C\C/C=C\C/C=C\C/C=C\C/C=C\C/C=C\CCCCC(=O)OC(COC(=O)CCCCCCCCCCCCCCCC)COP(=O)([O-])OCC[N+](C)(C)C. The number of phosphoric ester groups is 1. The van der Waals surface area contributed by atoms with Crippen molar-refractivity contribution in [1.29, 1.82) is 0 Å². The number of carbonyl (C=O) groups is 2. The summed E-state index contributed by atoms with van der Waals surface area (Å²) in [5.74, 6) is -0.887. The second-order valence-electron chi connectivity index (χ2n) is 16.4. The number of rotatable bonds is 41. The van der Waals surface area contributed by atoms with Gasteiger partial charge < -0.3 is 27.9 Å². The van der Waals surface area contributed by atoms with Gasteiger partial charge in [-0.3, -0.25) is 14.2 Å². The highest BCUT2D eigenvalue weighted by molar-refractivity contribution is 7.45. The van der Waals surface area contributed by atoms with Gasteiger partial charge in [-0.25, -0.2) is 0 Å². The average molecular weight is 848 g/mol. The van der Waals surface area contributed by atoms with E-state index in [1.807, 2.05) is 21.1 Å². The largest absolute Gasteiger partial charge is 0.756 e.